The minimum Gasteiger partial charge on any atom is -0.319 e. The molecule has 1 saturated carbocycles. The fourth-order valence-electron chi connectivity index (χ4n) is 1.48. The molecular weight excluding hydrogens is 241 g/mol. The summed E-state index contributed by atoms with van der Waals surface area (Å²) in [6.45, 7) is 0.0964. The number of nitrogens with one attached hydrogen (secondary N) is 2. The lowest BCUT2D eigenvalue weighted by Gasteiger charge is -2.06. The number of nitrogens with zero attached hydrogens (tertiary/aromatic N) is 1. The number of halogens is 1. The smallest absolute Gasteiger partial charge is 0.295 e. The van der Waals surface area contributed by atoms with Crippen molar-refractivity contribution in [1.29, 1.82) is 0 Å². The fourth-order valence-corrected chi connectivity index (χ4v) is 1.48. The highest BCUT2D eigenvalue weighted by Crippen LogP contribution is 2.25. The van der Waals surface area contributed by atoms with Crippen LogP contribution in [0.5, 0.6) is 0 Å². The molecule has 0 unspecified atom stereocenters. The van der Waals surface area contributed by atoms with E-state index in [0.29, 0.717) is 6.04 Å². The Labute approximate surface area is 102 Å². The zero-order valence-electron chi connectivity index (χ0n) is 9.48. The molecule has 6 nitrogen and oxygen atoms in total. The van der Waals surface area contributed by atoms with E-state index in [1.165, 1.54) is 6.07 Å². The lowest BCUT2D eigenvalue weighted by Crippen LogP contribution is -2.29. The van der Waals surface area contributed by atoms with Crippen LogP contribution in [0, 0.1) is 15.9 Å². The lowest BCUT2D eigenvalue weighted by atomic mass is 10.2. The summed E-state index contributed by atoms with van der Waals surface area (Å²) >= 11 is 0. The van der Waals surface area contributed by atoms with Gasteiger partial charge in [-0.15, -0.1) is 0 Å². The third kappa shape index (κ3) is 3.24. The van der Waals surface area contributed by atoms with Crippen LogP contribution >= 0.6 is 0 Å². The summed E-state index contributed by atoms with van der Waals surface area (Å²) in [6, 6.07) is 3.41. The van der Waals surface area contributed by atoms with Crippen molar-refractivity contribution in [2.75, 3.05) is 11.9 Å². The molecule has 1 amide bonds. The Morgan fingerprint density at radius 1 is 1.50 bits per heavy atom. The summed E-state index contributed by atoms with van der Waals surface area (Å²) < 4.78 is 12.9. The van der Waals surface area contributed by atoms with Crippen LogP contribution in [0.2, 0.25) is 0 Å². The van der Waals surface area contributed by atoms with E-state index in [0.717, 1.165) is 25.0 Å². The van der Waals surface area contributed by atoms with E-state index >= 15 is 0 Å². The Kier molecular flexibility index (Phi) is 3.52. The highest BCUT2D eigenvalue weighted by molar-refractivity contribution is 5.94. The topological polar surface area (TPSA) is 84.3 Å². The Hall–Kier alpha value is -2.02. The first-order chi connectivity index (χ1) is 8.56. The first-order valence-corrected chi connectivity index (χ1v) is 5.53. The summed E-state index contributed by atoms with van der Waals surface area (Å²) in [7, 11) is 0. The molecule has 18 heavy (non-hydrogen) atoms. The van der Waals surface area contributed by atoms with Gasteiger partial charge >= 0.3 is 0 Å². The number of carbonyl (C=O) groups is 1. The van der Waals surface area contributed by atoms with Gasteiger partial charge in [0, 0.05) is 6.04 Å². The highest BCUT2D eigenvalue weighted by atomic mass is 19.1. The van der Waals surface area contributed by atoms with E-state index in [2.05, 4.69) is 10.6 Å². The van der Waals surface area contributed by atoms with Crippen LogP contribution < -0.4 is 10.6 Å². The van der Waals surface area contributed by atoms with Crippen LogP contribution in [0.3, 0.4) is 0 Å². The minimum absolute atomic E-state index is 0.00370. The average Bonchev–Trinajstić information content (AvgIpc) is 3.12. The summed E-state index contributed by atoms with van der Waals surface area (Å²) in [6.07, 6.45) is 2.09. The maximum absolute atomic E-state index is 12.9. The zero-order valence-corrected chi connectivity index (χ0v) is 9.48. The van der Waals surface area contributed by atoms with Crippen LogP contribution in [-0.2, 0) is 4.79 Å². The van der Waals surface area contributed by atoms with Crippen LogP contribution in [0.4, 0.5) is 15.8 Å². The van der Waals surface area contributed by atoms with E-state index in [9.17, 15) is 19.3 Å². The molecule has 1 aromatic carbocycles. The first-order valence-electron chi connectivity index (χ1n) is 5.53. The van der Waals surface area contributed by atoms with E-state index in [1.807, 2.05) is 0 Å². The molecule has 2 rings (SSSR count). The number of hydrogen-bond acceptors (Lipinski definition) is 4. The molecule has 1 aliphatic carbocycles. The van der Waals surface area contributed by atoms with Crippen molar-refractivity contribution >= 4 is 17.3 Å². The van der Waals surface area contributed by atoms with Gasteiger partial charge in [-0.05, 0) is 25.0 Å². The summed E-state index contributed by atoms with van der Waals surface area (Å²) in [5.41, 5.74) is -0.446. The number of hydrogen-bond donors (Lipinski definition) is 2. The third-order valence-corrected chi connectivity index (χ3v) is 2.56. The van der Waals surface area contributed by atoms with Crippen LogP contribution in [0.25, 0.3) is 0 Å². The normalized spacial score (nSPS) is 14.3. The molecule has 7 heteroatoms. The number of nitro benzene ring substituents is 1. The summed E-state index contributed by atoms with van der Waals surface area (Å²) in [4.78, 5) is 21.5. The van der Waals surface area contributed by atoms with Gasteiger partial charge in [0.2, 0.25) is 5.91 Å². The van der Waals surface area contributed by atoms with Gasteiger partial charge in [0.1, 0.15) is 11.5 Å². The van der Waals surface area contributed by atoms with Crippen LogP contribution in [-0.4, -0.2) is 23.4 Å². The van der Waals surface area contributed by atoms with Crippen LogP contribution in [0.15, 0.2) is 18.2 Å². The van der Waals surface area contributed by atoms with Crippen molar-refractivity contribution in [3.63, 3.8) is 0 Å². The van der Waals surface area contributed by atoms with Gasteiger partial charge in [-0.25, -0.2) is 4.39 Å². The van der Waals surface area contributed by atoms with Crippen molar-refractivity contribution in [2.45, 2.75) is 18.9 Å². The molecule has 0 bridgehead atoms. The van der Waals surface area contributed by atoms with Crippen molar-refractivity contribution in [2.24, 2.45) is 0 Å². The van der Waals surface area contributed by atoms with E-state index in [1.54, 1.807) is 0 Å². The Balaban J connectivity index is 2.02. The molecule has 1 aromatic rings. The Morgan fingerprint density at radius 2 is 2.22 bits per heavy atom. The monoisotopic (exact) mass is 253 g/mol. The first kappa shape index (κ1) is 12.4. The quantitative estimate of drug-likeness (QED) is 0.614. The molecule has 96 valence electrons. The Bertz CT molecular complexity index is 488. The summed E-state index contributed by atoms with van der Waals surface area (Å²) in [5, 5.41) is 16.1. The van der Waals surface area contributed by atoms with Gasteiger partial charge in [0.15, 0.2) is 0 Å². The third-order valence-electron chi connectivity index (χ3n) is 2.56. The number of rotatable bonds is 5. The molecule has 2 N–H and O–H groups in total. The molecule has 0 aliphatic heterocycles. The molecule has 0 aromatic heterocycles. The van der Waals surface area contributed by atoms with Gasteiger partial charge in [-0.3, -0.25) is 14.9 Å². The molecule has 0 radical (unpaired) electrons. The second kappa shape index (κ2) is 5.09. The predicted octanol–water partition coefficient (Wildman–Crippen LogP) is 1.42. The molecule has 0 atom stereocenters. The zero-order chi connectivity index (χ0) is 13.1. The Morgan fingerprint density at radius 3 is 2.83 bits per heavy atom. The van der Waals surface area contributed by atoms with Crippen molar-refractivity contribution in [3.05, 3.63) is 34.1 Å². The largest absolute Gasteiger partial charge is 0.319 e. The van der Waals surface area contributed by atoms with E-state index < -0.39 is 16.4 Å². The maximum atomic E-state index is 12.9. The predicted molar refractivity (Wildman–Crippen MR) is 62.7 cm³/mol. The minimum atomic E-state index is -0.729. The SMILES string of the molecule is O=C(CNC1CC1)Nc1ccc(F)cc1[N+](=O)[O-]. The van der Waals surface area contributed by atoms with E-state index in [-0.39, 0.29) is 18.1 Å². The van der Waals surface area contributed by atoms with Gasteiger partial charge in [-0.1, -0.05) is 0 Å². The second-order valence-electron chi connectivity index (χ2n) is 4.12. The standard InChI is InChI=1S/C11H12FN3O3/c12-7-1-4-9(10(5-7)15(17)18)14-11(16)6-13-8-2-3-8/h1,4-5,8,13H,2-3,6H2,(H,14,16). The molecule has 0 saturated heterocycles. The molecule has 0 spiro atoms. The van der Waals surface area contributed by atoms with Gasteiger partial charge < -0.3 is 10.6 Å². The van der Waals surface area contributed by atoms with Gasteiger partial charge in [0.25, 0.3) is 5.69 Å². The molecular formula is C11H12FN3O3. The van der Waals surface area contributed by atoms with Crippen molar-refractivity contribution in [1.82, 2.24) is 5.32 Å². The van der Waals surface area contributed by atoms with Gasteiger partial charge in [-0.2, -0.15) is 0 Å². The highest BCUT2D eigenvalue weighted by Gasteiger charge is 2.22. The maximum Gasteiger partial charge on any atom is 0.295 e. The van der Waals surface area contributed by atoms with Crippen molar-refractivity contribution < 1.29 is 14.1 Å². The van der Waals surface area contributed by atoms with Crippen molar-refractivity contribution in [3.8, 4) is 0 Å². The molecule has 0 heterocycles. The number of anilines is 1. The average molecular weight is 253 g/mol. The molecule has 1 aliphatic rings. The number of carbonyl (C=O) groups excluding carboxylic acids is 1. The lowest BCUT2D eigenvalue weighted by molar-refractivity contribution is -0.384. The number of amides is 1. The van der Waals surface area contributed by atoms with Crippen LogP contribution in [0.1, 0.15) is 12.8 Å². The number of benzene rings is 1. The molecule has 1 fully saturated rings. The van der Waals surface area contributed by atoms with Gasteiger partial charge in [0.05, 0.1) is 17.5 Å². The van der Waals surface area contributed by atoms with E-state index in [4.69, 9.17) is 0 Å². The second-order valence-corrected chi connectivity index (χ2v) is 4.12. The number of nitro groups is 1. The summed E-state index contributed by atoms with van der Waals surface area (Å²) in [5.74, 6) is -1.09. The fraction of sp³-hybridized carbons (Fsp3) is 0.364.